The van der Waals surface area contributed by atoms with E-state index in [4.69, 9.17) is 9.84 Å². The monoisotopic (exact) mass is 713 g/mol. The number of unbranched alkanes of at least 4 members (excludes halogenated alkanes) is 5. The first-order valence-corrected chi connectivity index (χ1v) is 18.4. The highest BCUT2D eigenvalue weighted by Crippen LogP contribution is 2.45. The molecule has 3 amide bonds. The maximum atomic E-state index is 14.1. The van der Waals surface area contributed by atoms with Gasteiger partial charge < -0.3 is 25.8 Å². The number of aliphatic carboxylic acids is 1. The van der Waals surface area contributed by atoms with Crippen LogP contribution in [0, 0.1) is 11.7 Å². The Hall–Kier alpha value is -4.50. The van der Waals surface area contributed by atoms with Crippen molar-refractivity contribution in [2.45, 2.75) is 93.5 Å². The molecule has 270 valence electrons. The van der Waals surface area contributed by atoms with Gasteiger partial charge in [-0.3, -0.25) is 19.3 Å². The number of sulfonamides is 1. The summed E-state index contributed by atoms with van der Waals surface area (Å²) in [6, 6.07) is 10.1. The average Bonchev–Trinajstić information content (AvgIpc) is 3.36. The molecule has 15 heteroatoms. The van der Waals surface area contributed by atoms with Crippen LogP contribution in [0.4, 0.5) is 14.9 Å². The number of carbonyl (C=O) groups is 4. The van der Waals surface area contributed by atoms with Gasteiger partial charge in [0.05, 0.1) is 18.3 Å². The van der Waals surface area contributed by atoms with Gasteiger partial charge in [0, 0.05) is 44.0 Å². The summed E-state index contributed by atoms with van der Waals surface area (Å²) in [6.45, 7) is 4.74. The molecule has 0 bridgehead atoms. The highest BCUT2D eigenvalue weighted by atomic mass is 32.2. The maximum Gasteiger partial charge on any atom is 0.410 e. The number of carboxylic acids is 1. The first-order valence-electron chi connectivity index (χ1n) is 16.9. The van der Waals surface area contributed by atoms with Crippen LogP contribution in [0.15, 0.2) is 60.0 Å². The minimum Gasteiger partial charge on any atom is -0.481 e. The van der Waals surface area contributed by atoms with Crippen LogP contribution in [0.1, 0.15) is 68.9 Å². The number of ether oxygens (including phenoxy) is 1. The van der Waals surface area contributed by atoms with Gasteiger partial charge in [-0.25, -0.2) is 22.3 Å². The zero-order valence-corrected chi connectivity index (χ0v) is 28.6. The number of nitrogens with one attached hydrogen (secondary N) is 4. The van der Waals surface area contributed by atoms with Crippen LogP contribution in [0.25, 0.3) is 0 Å². The summed E-state index contributed by atoms with van der Waals surface area (Å²) in [5, 5.41) is 17.6. The third kappa shape index (κ3) is 8.80. The topological polar surface area (TPSA) is 183 Å². The van der Waals surface area contributed by atoms with Crippen molar-refractivity contribution >= 4 is 39.6 Å². The van der Waals surface area contributed by atoms with Crippen molar-refractivity contribution in [3.8, 4) is 0 Å². The van der Waals surface area contributed by atoms with E-state index in [0.717, 1.165) is 32.1 Å². The molecule has 0 spiro atoms. The van der Waals surface area contributed by atoms with Gasteiger partial charge in [-0.05, 0) is 43.0 Å². The average molecular weight is 714 g/mol. The number of hydrogen-bond donors (Lipinski definition) is 5. The molecule has 0 radical (unpaired) electrons. The summed E-state index contributed by atoms with van der Waals surface area (Å²) >= 11 is 0. The molecule has 1 saturated heterocycles. The molecular formula is C35H44FN5O8S. The Morgan fingerprint density at radius 2 is 1.78 bits per heavy atom. The van der Waals surface area contributed by atoms with Crippen molar-refractivity contribution in [3.63, 3.8) is 0 Å². The summed E-state index contributed by atoms with van der Waals surface area (Å²) in [5.41, 5.74) is -0.0137. The number of carbonyl (C=O) groups excluding carboxylic acids is 3. The second kappa shape index (κ2) is 16.0. The van der Waals surface area contributed by atoms with E-state index in [1.807, 2.05) is 0 Å². The fourth-order valence-corrected chi connectivity index (χ4v) is 7.73. The standard InChI is InChI=1S/C35H44FN5O8S/c1-2-24-19-35(24,39-32(44)29-18-25(20-38-29)49-34(46)41-21-23-12-11-13-27(36)26(23)22-41)33(45)40-50(47,48)30-15-9-8-14-28(30)37-17-10-6-4-3-5-7-16-31(42)43/h2,8-9,11-15,24-25,29,37-38H,1,3-7,10,16-22H2,(H,39,44)(H,40,45)(H,42,43)/t24-,25-,29+,35-/m1/s1. The number of halogens is 1. The lowest BCUT2D eigenvalue weighted by Crippen LogP contribution is -2.55. The van der Waals surface area contributed by atoms with Crippen molar-refractivity contribution in [2.24, 2.45) is 5.92 Å². The van der Waals surface area contributed by atoms with E-state index in [0.29, 0.717) is 29.8 Å². The third-order valence-corrected chi connectivity index (χ3v) is 10.8. The minimum atomic E-state index is -4.33. The zero-order valence-electron chi connectivity index (χ0n) is 27.8. The van der Waals surface area contributed by atoms with Crippen molar-refractivity contribution in [3.05, 3.63) is 72.1 Å². The van der Waals surface area contributed by atoms with E-state index >= 15 is 0 Å². The Balaban J connectivity index is 1.11. The van der Waals surface area contributed by atoms with Gasteiger partial charge in [0.25, 0.3) is 15.9 Å². The Morgan fingerprint density at radius 1 is 1.04 bits per heavy atom. The second-order valence-electron chi connectivity index (χ2n) is 13.1. The number of nitrogens with zero attached hydrogens (tertiary/aromatic N) is 1. The largest absolute Gasteiger partial charge is 0.481 e. The molecule has 2 fully saturated rings. The Labute approximate surface area is 291 Å². The molecule has 2 aromatic carbocycles. The molecule has 2 aromatic rings. The van der Waals surface area contributed by atoms with Gasteiger partial charge in [-0.15, -0.1) is 6.58 Å². The van der Waals surface area contributed by atoms with Gasteiger partial charge in [-0.2, -0.15) is 0 Å². The van der Waals surface area contributed by atoms with E-state index in [1.54, 1.807) is 30.3 Å². The molecular weight excluding hydrogens is 669 g/mol. The second-order valence-corrected chi connectivity index (χ2v) is 14.7. The van der Waals surface area contributed by atoms with Crippen molar-refractivity contribution in [2.75, 3.05) is 18.4 Å². The maximum absolute atomic E-state index is 14.1. The Kier molecular flexibility index (Phi) is 11.8. The van der Waals surface area contributed by atoms with E-state index in [1.165, 1.54) is 23.1 Å². The summed E-state index contributed by atoms with van der Waals surface area (Å²) < 4.78 is 48.8. The molecule has 5 rings (SSSR count). The number of amides is 3. The number of carboxylic acid groups (broad SMARTS) is 1. The number of para-hydroxylation sites is 1. The predicted octanol–water partition coefficient (Wildman–Crippen LogP) is 3.80. The Bertz CT molecular complexity index is 1720. The lowest BCUT2D eigenvalue weighted by atomic mass is 10.1. The molecule has 3 aliphatic rings. The number of hydrogen-bond acceptors (Lipinski definition) is 9. The highest BCUT2D eigenvalue weighted by molar-refractivity contribution is 7.90. The molecule has 5 N–H and O–H groups in total. The molecule has 4 atom stereocenters. The van der Waals surface area contributed by atoms with Gasteiger partial charge in [-0.1, -0.05) is 56.0 Å². The molecule has 0 unspecified atom stereocenters. The van der Waals surface area contributed by atoms with E-state index in [2.05, 4.69) is 27.3 Å². The molecule has 50 heavy (non-hydrogen) atoms. The normalized spacial score (nSPS) is 22.3. The van der Waals surface area contributed by atoms with Crippen LogP contribution in [-0.4, -0.2) is 73.1 Å². The lowest BCUT2D eigenvalue weighted by Gasteiger charge is -2.22. The summed E-state index contributed by atoms with van der Waals surface area (Å²) in [6.07, 6.45) is 5.73. The predicted molar refractivity (Wildman–Crippen MR) is 182 cm³/mol. The molecule has 13 nitrogen and oxygen atoms in total. The number of rotatable bonds is 17. The quantitative estimate of drug-likeness (QED) is 0.119. The summed E-state index contributed by atoms with van der Waals surface area (Å²) in [7, 11) is -4.33. The first-order chi connectivity index (χ1) is 23.9. The van der Waals surface area contributed by atoms with Crippen molar-refractivity contribution < 1.29 is 41.8 Å². The van der Waals surface area contributed by atoms with Crippen molar-refractivity contribution in [1.29, 1.82) is 0 Å². The molecule has 2 heterocycles. The van der Waals surface area contributed by atoms with E-state index < -0.39 is 57.5 Å². The first kappa shape index (κ1) is 36.8. The SMILES string of the molecule is C=C[C@@H]1C[C@]1(NC(=O)[C@@H]1C[C@@H](OC(=O)N2Cc3cccc(F)c3C2)CN1)C(=O)NS(=O)(=O)c1ccccc1NCCCCCCCCC(=O)O. The summed E-state index contributed by atoms with van der Waals surface area (Å²) in [5.74, 6) is -3.09. The zero-order chi connectivity index (χ0) is 35.9. The van der Waals surface area contributed by atoms with Crippen LogP contribution in [0.5, 0.6) is 0 Å². The van der Waals surface area contributed by atoms with Crippen LogP contribution in [-0.2, 0) is 42.2 Å². The summed E-state index contributed by atoms with van der Waals surface area (Å²) in [4.78, 5) is 51.6. The van der Waals surface area contributed by atoms with E-state index in [9.17, 15) is 32.0 Å². The van der Waals surface area contributed by atoms with E-state index in [-0.39, 0.29) is 49.6 Å². The highest BCUT2D eigenvalue weighted by Gasteiger charge is 2.61. The van der Waals surface area contributed by atoms with Gasteiger partial charge >= 0.3 is 12.1 Å². The van der Waals surface area contributed by atoms with Crippen LogP contribution in [0.2, 0.25) is 0 Å². The fraction of sp³-hybridized carbons (Fsp3) is 0.486. The minimum absolute atomic E-state index is 0.0910. The Morgan fingerprint density at radius 3 is 2.50 bits per heavy atom. The van der Waals surface area contributed by atoms with Gasteiger partial charge in [0.2, 0.25) is 5.91 Å². The third-order valence-electron chi connectivity index (χ3n) is 9.45. The molecule has 0 aromatic heterocycles. The molecule has 1 aliphatic carbocycles. The smallest absolute Gasteiger partial charge is 0.410 e. The van der Waals surface area contributed by atoms with Crippen LogP contribution in [0.3, 0.4) is 0 Å². The lowest BCUT2D eigenvalue weighted by molar-refractivity contribution is -0.137. The van der Waals surface area contributed by atoms with Crippen molar-refractivity contribution in [1.82, 2.24) is 20.3 Å². The van der Waals surface area contributed by atoms with Gasteiger partial charge in [0.1, 0.15) is 22.4 Å². The van der Waals surface area contributed by atoms with Crippen LogP contribution < -0.4 is 20.7 Å². The number of anilines is 1. The molecule has 2 aliphatic heterocycles. The number of benzene rings is 2. The van der Waals surface area contributed by atoms with Crippen LogP contribution >= 0.6 is 0 Å². The fourth-order valence-electron chi connectivity index (χ4n) is 6.51. The van der Waals surface area contributed by atoms with Gasteiger partial charge in [0.15, 0.2) is 0 Å². The molecule has 1 saturated carbocycles. The number of fused-ring (bicyclic) bond motifs is 1.